The van der Waals surface area contributed by atoms with Crippen LogP contribution < -0.4 is 10.6 Å². The van der Waals surface area contributed by atoms with Crippen LogP contribution in [0.15, 0.2) is 55.2 Å². The smallest absolute Gasteiger partial charge is 0.204 e. The van der Waals surface area contributed by atoms with Gasteiger partial charge in [-0.15, -0.1) is 0 Å². The highest BCUT2D eigenvalue weighted by Crippen LogP contribution is 2.23. The molecule has 8 heteroatoms. The summed E-state index contributed by atoms with van der Waals surface area (Å²) in [6.45, 7) is 3.35. The molecule has 6 rings (SSSR count). The molecule has 2 aliphatic rings. The first-order chi connectivity index (χ1) is 14.3. The standard InChI is InChI=1S/C21H18N6O2/c1-3-14-16(9-12(1)20-22-5-6-23-20)28-18(26-14)11-19-27-15-4-2-13(10-17(15)29-19)21-24-7-8-25-21/h1-4,9-10H,5-8,11H2,(H,22,23)(H,24,25). The van der Waals surface area contributed by atoms with Crippen molar-refractivity contribution in [3.8, 4) is 0 Å². The summed E-state index contributed by atoms with van der Waals surface area (Å²) in [6, 6.07) is 11.9. The highest BCUT2D eigenvalue weighted by atomic mass is 16.4. The predicted octanol–water partition coefficient (Wildman–Crippen LogP) is 2.26. The molecule has 8 nitrogen and oxygen atoms in total. The van der Waals surface area contributed by atoms with Crippen molar-refractivity contribution in [3.05, 3.63) is 59.3 Å². The number of oxazole rings is 2. The summed E-state index contributed by atoms with van der Waals surface area (Å²) >= 11 is 0. The third-order valence-corrected chi connectivity index (χ3v) is 5.06. The molecule has 0 bridgehead atoms. The van der Waals surface area contributed by atoms with Gasteiger partial charge in [0.2, 0.25) is 11.8 Å². The molecule has 2 aromatic heterocycles. The highest BCUT2D eigenvalue weighted by Gasteiger charge is 2.16. The van der Waals surface area contributed by atoms with E-state index in [1.807, 2.05) is 36.4 Å². The number of nitrogens with one attached hydrogen (secondary N) is 2. The van der Waals surface area contributed by atoms with E-state index < -0.39 is 0 Å². The van der Waals surface area contributed by atoms with Gasteiger partial charge < -0.3 is 19.5 Å². The Morgan fingerprint density at radius 2 is 1.24 bits per heavy atom. The van der Waals surface area contributed by atoms with Crippen molar-refractivity contribution in [1.82, 2.24) is 20.6 Å². The monoisotopic (exact) mass is 386 g/mol. The minimum Gasteiger partial charge on any atom is -0.440 e. The van der Waals surface area contributed by atoms with Gasteiger partial charge in [0.15, 0.2) is 11.2 Å². The third-order valence-electron chi connectivity index (χ3n) is 5.06. The minimum atomic E-state index is 0.395. The Bertz CT molecular complexity index is 1200. The highest BCUT2D eigenvalue weighted by molar-refractivity contribution is 6.02. The van der Waals surface area contributed by atoms with E-state index in [-0.39, 0.29) is 0 Å². The quantitative estimate of drug-likeness (QED) is 0.558. The van der Waals surface area contributed by atoms with E-state index in [1.165, 1.54) is 0 Å². The van der Waals surface area contributed by atoms with E-state index in [0.717, 1.165) is 71.2 Å². The van der Waals surface area contributed by atoms with Crippen LogP contribution in [0.3, 0.4) is 0 Å². The summed E-state index contributed by atoms with van der Waals surface area (Å²) in [5, 5.41) is 6.55. The van der Waals surface area contributed by atoms with Gasteiger partial charge in [0.25, 0.3) is 0 Å². The van der Waals surface area contributed by atoms with Crippen LogP contribution in [0.25, 0.3) is 22.2 Å². The van der Waals surface area contributed by atoms with Gasteiger partial charge in [0.1, 0.15) is 29.1 Å². The molecule has 0 spiro atoms. The van der Waals surface area contributed by atoms with Gasteiger partial charge in [-0.2, -0.15) is 0 Å². The fourth-order valence-corrected chi connectivity index (χ4v) is 3.70. The van der Waals surface area contributed by atoms with Gasteiger partial charge in [0, 0.05) is 24.2 Å². The van der Waals surface area contributed by atoms with Gasteiger partial charge in [-0.05, 0) is 36.4 Å². The molecule has 2 aromatic carbocycles. The lowest BCUT2D eigenvalue weighted by Crippen LogP contribution is -2.19. The molecule has 0 saturated carbocycles. The van der Waals surface area contributed by atoms with Crippen LogP contribution in [-0.2, 0) is 6.42 Å². The molecule has 0 saturated heterocycles. The molecule has 4 heterocycles. The van der Waals surface area contributed by atoms with Crippen molar-refractivity contribution < 1.29 is 8.83 Å². The maximum atomic E-state index is 5.95. The summed E-state index contributed by atoms with van der Waals surface area (Å²) in [5.74, 6) is 2.96. The van der Waals surface area contributed by atoms with E-state index in [1.54, 1.807) is 0 Å². The number of hydrogen-bond donors (Lipinski definition) is 2. The van der Waals surface area contributed by atoms with Crippen LogP contribution in [0.1, 0.15) is 22.9 Å². The Morgan fingerprint density at radius 3 is 1.69 bits per heavy atom. The number of amidine groups is 2. The summed E-state index contributed by atoms with van der Waals surface area (Å²) in [5.41, 5.74) is 5.11. The van der Waals surface area contributed by atoms with Crippen LogP contribution >= 0.6 is 0 Å². The molecule has 0 fully saturated rings. The second-order valence-corrected chi connectivity index (χ2v) is 7.07. The molecule has 29 heavy (non-hydrogen) atoms. The molecule has 0 radical (unpaired) electrons. The zero-order valence-corrected chi connectivity index (χ0v) is 15.6. The zero-order chi connectivity index (χ0) is 19.2. The van der Waals surface area contributed by atoms with E-state index in [2.05, 4.69) is 30.6 Å². The molecule has 144 valence electrons. The minimum absolute atomic E-state index is 0.395. The average molecular weight is 386 g/mol. The van der Waals surface area contributed by atoms with Crippen LogP contribution in [0.2, 0.25) is 0 Å². The number of aliphatic imine (C=N–C) groups is 2. The van der Waals surface area contributed by atoms with Crippen molar-refractivity contribution in [3.63, 3.8) is 0 Å². The predicted molar refractivity (Wildman–Crippen MR) is 110 cm³/mol. The molecule has 2 aliphatic heterocycles. The van der Waals surface area contributed by atoms with Crippen molar-refractivity contribution >= 4 is 33.9 Å². The maximum Gasteiger partial charge on any atom is 0.204 e. The van der Waals surface area contributed by atoms with Crippen molar-refractivity contribution in [2.24, 2.45) is 9.98 Å². The van der Waals surface area contributed by atoms with Crippen LogP contribution in [-0.4, -0.2) is 47.8 Å². The largest absolute Gasteiger partial charge is 0.440 e. The number of rotatable bonds is 4. The van der Waals surface area contributed by atoms with E-state index >= 15 is 0 Å². The van der Waals surface area contributed by atoms with E-state index in [0.29, 0.717) is 18.2 Å². The molecule has 0 atom stereocenters. The summed E-state index contributed by atoms with van der Waals surface area (Å²) in [4.78, 5) is 18.0. The molecular weight excluding hydrogens is 368 g/mol. The number of nitrogens with zero attached hydrogens (tertiary/aromatic N) is 4. The van der Waals surface area contributed by atoms with Gasteiger partial charge in [0.05, 0.1) is 13.1 Å². The number of aromatic nitrogens is 2. The number of hydrogen-bond acceptors (Lipinski definition) is 8. The van der Waals surface area contributed by atoms with Crippen LogP contribution in [0.5, 0.6) is 0 Å². The van der Waals surface area contributed by atoms with Gasteiger partial charge >= 0.3 is 0 Å². The molecule has 0 aliphatic carbocycles. The SMILES string of the molecule is c1cc2nc(Cc3nc4ccc(C5=NCCN5)cc4o3)oc2cc1C1=NCCN1. The maximum absolute atomic E-state index is 5.95. The lowest BCUT2D eigenvalue weighted by atomic mass is 10.2. The first-order valence-electron chi connectivity index (χ1n) is 9.68. The summed E-state index contributed by atoms with van der Waals surface area (Å²) < 4.78 is 11.9. The average Bonchev–Trinajstić information content (AvgIpc) is 3.53. The fraction of sp³-hybridized carbons (Fsp3) is 0.238. The third kappa shape index (κ3) is 2.93. The van der Waals surface area contributed by atoms with E-state index in [9.17, 15) is 0 Å². The van der Waals surface area contributed by atoms with Crippen molar-refractivity contribution in [2.45, 2.75) is 6.42 Å². The van der Waals surface area contributed by atoms with Gasteiger partial charge in [-0.3, -0.25) is 9.98 Å². The normalized spacial score (nSPS) is 16.1. The lowest BCUT2D eigenvalue weighted by Gasteiger charge is -2.00. The van der Waals surface area contributed by atoms with Crippen LogP contribution in [0, 0.1) is 0 Å². The zero-order valence-electron chi connectivity index (χ0n) is 15.6. The molecular formula is C21H18N6O2. The molecule has 4 aromatic rings. The van der Waals surface area contributed by atoms with Crippen molar-refractivity contribution in [2.75, 3.05) is 26.2 Å². The van der Waals surface area contributed by atoms with Crippen molar-refractivity contribution in [1.29, 1.82) is 0 Å². The van der Waals surface area contributed by atoms with Gasteiger partial charge in [-0.25, -0.2) is 9.97 Å². The fourth-order valence-electron chi connectivity index (χ4n) is 3.70. The first-order valence-corrected chi connectivity index (χ1v) is 9.68. The second kappa shape index (κ2) is 6.44. The summed E-state index contributed by atoms with van der Waals surface area (Å²) in [6.07, 6.45) is 0.395. The Morgan fingerprint density at radius 1 is 0.724 bits per heavy atom. The molecule has 0 unspecified atom stereocenters. The molecule has 0 amide bonds. The first kappa shape index (κ1) is 16.3. The Hall–Kier alpha value is -3.68. The topological polar surface area (TPSA) is 101 Å². The van der Waals surface area contributed by atoms with Crippen LogP contribution in [0.4, 0.5) is 0 Å². The number of fused-ring (bicyclic) bond motifs is 2. The van der Waals surface area contributed by atoms with E-state index in [4.69, 9.17) is 8.83 Å². The Balaban J connectivity index is 1.29. The Labute approximate surface area is 165 Å². The van der Waals surface area contributed by atoms with Gasteiger partial charge in [-0.1, -0.05) is 0 Å². The lowest BCUT2D eigenvalue weighted by molar-refractivity contribution is 0.488. The second-order valence-electron chi connectivity index (χ2n) is 7.07. The molecule has 2 N–H and O–H groups in total. The number of benzene rings is 2. The summed E-state index contributed by atoms with van der Waals surface area (Å²) in [7, 11) is 0. The Kier molecular flexibility index (Phi) is 3.62.